The summed E-state index contributed by atoms with van der Waals surface area (Å²) in [7, 11) is 1.51. The van der Waals surface area contributed by atoms with Crippen LogP contribution in [-0.2, 0) is 4.79 Å². The standard InChI is InChI=1S/C20H17Cl2FN4O2S/c1-26(11-18(28)25-13-5-8-15(21)16(22)9-13)19(29)17-10-24-20(30-2)27(17)14-6-3-12(23)4-7-14/h3-10H,11H2,1-2H3,(H,25,28). The first kappa shape index (κ1) is 22.1. The van der Waals surface area contributed by atoms with Crippen molar-refractivity contribution < 1.29 is 14.0 Å². The lowest BCUT2D eigenvalue weighted by atomic mass is 10.3. The van der Waals surface area contributed by atoms with Crippen LogP contribution in [0.1, 0.15) is 10.5 Å². The number of carbonyl (C=O) groups is 2. The largest absolute Gasteiger partial charge is 0.331 e. The lowest BCUT2D eigenvalue weighted by Gasteiger charge is -2.18. The quantitative estimate of drug-likeness (QED) is 0.532. The molecule has 1 heterocycles. The minimum atomic E-state index is -0.406. The monoisotopic (exact) mass is 466 g/mol. The SMILES string of the molecule is CSc1ncc(C(=O)N(C)CC(=O)Nc2ccc(Cl)c(Cl)c2)n1-c1ccc(F)cc1. The van der Waals surface area contributed by atoms with Gasteiger partial charge in [0, 0.05) is 18.4 Å². The number of carbonyl (C=O) groups excluding carboxylic acids is 2. The fraction of sp³-hybridized carbons (Fsp3) is 0.150. The Balaban J connectivity index is 1.77. The molecule has 2 aromatic carbocycles. The van der Waals surface area contributed by atoms with Crippen molar-refractivity contribution in [2.75, 3.05) is 25.2 Å². The van der Waals surface area contributed by atoms with E-state index in [1.54, 1.807) is 28.8 Å². The Morgan fingerprint density at radius 2 is 1.87 bits per heavy atom. The molecule has 0 saturated carbocycles. The van der Waals surface area contributed by atoms with E-state index in [4.69, 9.17) is 23.2 Å². The lowest BCUT2D eigenvalue weighted by molar-refractivity contribution is -0.116. The van der Waals surface area contributed by atoms with Gasteiger partial charge in [0.05, 0.1) is 22.8 Å². The van der Waals surface area contributed by atoms with E-state index in [2.05, 4.69) is 10.3 Å². The van der Waals surface area contributed by atoms with Crippen molar-refractivity contribution >= 4 is 52.5 Å². The normalized spacial score (nSPS) is 10.7. The van der Waals surface area contributed by atoms with E-state index in [1.165, 1.54) is 48.1 Å². The third-order valence-corrected chi connectivity index (χ3v) is 5.54. The van der Waals surface area contributed by atoms with Crippen LogP contribution in [0.3, 0.4) is 0 Å². The van der Waals surface area contributed by atoms with E-state index >= 15 is 0 Å². The van der Waals surface area contributed by atoms with E-state index in [0.29, 0.717) is 26.6 Å². The molecule has 156 valence electrons. The lowest BCUT2D eigenvalue weighted by Crippen LogP contribution is -2.35. The number of benzene rings is 2. The molecule has 30 heavy (non-hydrogen) atoms. The number of thioether (sulfide) groups is 1. The van der Waals surface area contributed by atoms with Crippen LogP contribution in [-0.4, -0.2) is 46.1 Å². The minimum absolute atomic E-state index is 0.192. The smallest absolute Gasteiger partial charge is 0.272 e. The molecule has 0 aliphatic carbocycles. The van der Waals surface area contributed by atoms with Gasteiger partial charge in [0.15, 0.2) is 5.16 Å². The summed E-state index contributed by atoms with van der Waals surface area (Å²) in [5.41, 5.74) is 1.32. The van der Waals surface area contributed by atoms with Crippen LogP contribution in [0.4, 0.5) is 10.1 Å². The zero-order valence-corrected chi connectivity index (χ0v) is 18.4. The first-order valence-electron chi connectivity index (χ1n) is 8.68. The number of amides is 2. The van der Waals surface area contributed by atoms with Crippen molar-refractivity contribution in [1.29, 1.82) is 0 Å². The van der Waals surface area contributed by atoms with Gasteiger partial charge in [-0.3, -0.25) is 14.2 Å². The molecule has 0 aliphatic rings. The van der Waals surface area contributed by atoms with Crippen molar-refractivity contribution in [1.82, 2.24) is 14.5 Å². The number of aromatic nitrogens is 2. The second-order valence-corrected chi connectivity index (χ2v) is 7.87. The molecule has 0 radical (unpaired) electrons. The molecule has 1 N–H and O–H groups in total. The predicted octanol–water partition coefficient (Wildman–Crippen LogP) is 4.75. The van der Waals surface area contributed by atoms with Gasteiger partial charge < -0.3 is 10.2 Å². The first-order valence-corrected chi connectivity index (χ1v) is 10.7. The van der Waals surface area contributed by atoms with Crippen molar-refractivity contribution in [2.24, 2.45) is 0 Å². The van der Waals surface area contributed by atoms with Crippen molar-refractivity contribution in [3.63, 3.8) is 0 Å². The number of imidazole rings is 1. The highest BCUT2D eigenvalue weighted by atomic mass is 35.5. The van der Waals surface area contributed by atoms with Crippen molar-refractivity contribution in [3.05, 3.63) is 70.2 Å². The van der Waals surface area contributed by atoms with E-state index in [-0.39, 0.29) is 18.1 Å². The van der Waals surface area contributed by atoms with Crippen LogP contribution in [0.25, 0.3) is 5.69 Å². The van der Waals surface area contributed by atoms with E-state index in [1.807, 2.05) is 6.26 Å². The summed E-state index contributed by atoms with van der Waals surface area (Å²) in [4.78, 5) is 30.9. The van der Waals surface area contributed by atoms with Gasteiger partial charge in [0.25, 0.3) is 5.91 Å². The van der Waals surface area contributed by atoms with E-state index in [0.717, 1.165) is 0 Å². The molecule has 0 aliphatic heterocycles. The molecule has 3 aromatic rings. The number of anilines is 1. The molecule has 0 spiro atoms. The maximum Gasteiger partial charge on any atom is 0.272 e. The average molecular weight is 467 g/mol. The molecule has 10 heteroatoms. The Labute approximate surface area is 187 Å². The van der Waals surface area contributed by atoms with Gasteiger partial charge in [0.2, 0.25) is 5.91 Å². The van der Waals surface area contributed by atoms with Crippen LogP contribution >= 0.6 is 35.0 Å². The van der Waals surface area contributed by atoms with Crippen LogP contribution in [0, 0.1) is 5.82 Å². The maximum absolute atomic E-state index is 13.3. The Kier molecular flexibility index (Phi) is 7.02. The Bertz CT molecular complexity index is 1090. The van der Waals surface area contributed by atoms with Crippen molar-refractivity contribution in [3.8, 4) is 5.69 Å². The third kappa shape index (κ3) is 4.95. The van der Waals surface area contributed by atoms with Gasteiger partial charge in [-0.15, -0.1) is 0 Å². The minimum Gasteiger partial charge on any atom is -0.331 e. The van der Waals surface area contributed by atoms with Crippen molar-refractivity contribution in [2.45, 2.75) is 5.16 Å². The van der Waals surface area contributed by atoms with Crippen LogP contribution in [0.5, 0.6) is 0 Å². The molecule has 0 saturated heterocycles. The fourth-order valence-electron chi connectivity index (χ4n) is 2.73. The molecule has 0 unspecified atom stereocenters. The summed E-state index contributed by atoms with van der Waals surface area (Å²) >= 11 is 13.2. The molecule has 3 rings (SSSR count). The maximum atomic E-state index is 13.3. The fourth-order valence-corrected chi connectivity index (χ4v) is 3.57. The van der Waals surface area contributed by atoms with Crippen LogP contribution in [0.2, 0.25) is 10.0 Å². The van der Waals surface area contributed by atoms with Gasteiger partial charge in [-0.05, 0) is 48.7 Å². The summed E-state index contributed by atoms with van der Waals surface area (Å²) in [5.74, 6) is -1.19. The van der Waals surface area contributed by atoms with Gasteiger partial charge >= 0.3 is 0 Å². The summed E-state index contributed by atoms with van der Waals surface area (Å²) in [6, 6.07) is 10.4. The summed E-state index contributed by atoms with van der Waals surface area (Å²) in [6.07, 6.45) is 3.26. The third-order valence-electron chi connectivity index (χ3n) is 4.15. The number of nitrogens with zero attached hydrogens (tertiary/aromatic N) is 3. The second kappa shape index (κ2) is 9.51. The molecular weight excluding hydrogens is 450 g/mol. The summed E-state index contributed by atoms with van der Waals surface area (Å²) in [6.45, 7) is -0.192. The van der Waals surface area contributed by atoms with Gasteiger partial charge in [-0.25, -0.2) is 9.37 Å². The van der Waals surface area contributed by atoms with E-state index in [9.17, 15) is 14.0 Å². The number of rotatable bonds is 6. The average Bonchev–Trinajstić information content (AvgIpc) is 3.14. The Hall–Kier alpha value is -2.55. The van der Waals surface area contributed by atoms with Gasteiger partial charge in [0.1, 0.15) is 11.5 Å². The predicted molar refractivity (Wildman–Crippen MR) is 117 cm³/mol. The highest BCUT2D eigenvalue weighted by Gasteiger charge is 2.22. The Morgan fingerprint density at radius 3 is 2.50 bits per heavy atom. The highest BCUT2D eigenvalue weighted by molar-refractivity contribution is 7.98. The van der Waals surface area contributed by atoms with E-state index < -0.39 is 11.8 Å². The number of hydrogen-bond acceptors (Lipinski definition) is 4. The number of hydrogen-bond donors (Lipinski definition) is 1. The zero-order valence-electron chi connectivity index (χ0n) is 16.0. The van der Waals surface area contributed by atoms with Crippen LogP contribution < -0.4 is 5.32 Å². The zero-order chi connectivity index (χ0) is 21.8. The number of likely N-dealkylation sites (N-methyl/N-ethyl adjacent to an activating group) is 1. The molecular formula is C20H17Cl2FN4O2S. The van der Waals surface area contributed by atoms with Crippen LogP contribution in [0.15, 0.2) is 53.8 Å². The number of nitrogens with one attached hydrogen (secondary N) is 1. The summed E-state index contributed by atoms with van der Waals surface area (Å²) in [5, 5.41) is 3.93. The molecule has 0 atom stereocenters. The molecule has 2 amide bonds. The Morgan fingerprint density at radius 1 is 1.17 bits per heavy atom. The topological polar surface area (TPSA) is 67.2 Å². The molecule has 1 aromatic heterocycles. The number of halogens is 3. The van der Waals surface area contributed by atoms with Gasteiger partial charge in [-0.1, -0.05) is 35.0 Å². The molecule has 6 nitrogen and oxygen atoms in total. The summed E-state index contributed by atoms with van der Waals surface area (Å²) < 4.78 is 14.9. The highest BCUT2D eigenvalue weighted by Crippen LogP contribution is 2.25. The first-order chi connectivity index (χ1) is 14.3. The van der Waals surface area contributed by atoms with Gasteiger partial charge in [-0.2, -0.15) is 0 Å². The second-order valence-electron chi connectivity index (χ2n) is 6.28. The molecule has 0 fully saturated rings. The molecule has 0 bridgehead atoms.